The van der Waals surface area contributed by atoms with E-state index in [4.69, 9.17) is 16.3 Å². The monoisotopic (exact) mass is 416 g/mol. The van der Waals surface area contributed by atoms with Gasteiger partial charge in [0.25, 0.3) is 5.91 Å². The van der Waals surface area contributed by atoms with Crippen molar-refractivity contribution in [2.24, 2.45) is 0 Å². The van der Waals surface area contributed by atoms with E-state index in [2.05, 4.69) is 15.9 Å². The summed E-state index contributed by atoms with van der Waals surface area (Å²) in [4.78, 5) is 28.4. The number of nitrogens with zero attached hydrogens (tertiary/aromatic N) is 2. The molecule has 1 saturated heterocycles. The van der Waals surface area contributed by atoms with Gasteiger partial charge in [0, 0.05) is 30.1 Å². The normalized spacial score (nSPS) is 18.5. The predicted octanol–water partition coefficient (Wildman–Crippen LogP) is 4.18. The molecule has 24 heavy (non-hydrogen) atoms. The Hall–Kier alpha value is -1.27. The van der Waals surface area contributed by atoms with Gasteiger partial charge in [-0.2, -0.15) is 0 Å². The number of piperazine rings is 1. The lowest BCUT2D eigenvalue weighted by Gasteiger charge is -2.40. The topological polar surface area (TPSA) is 49.9 Å². The number of rotatable bonds is 1. The molecule has 0 spiro atoms. The SMILES string of the molecule is CC1CN(C(=O)c2cccc(Cl)c2Br)CCN1C(=O)OC(C)(C)C. The smallest absolute Gasteiger partial charge is 0.410 e. The summed E-state index contributed by atoms with van der Waals surface area (Å²) in [7, 11) is 0. The van der Waals surface area contributed by atoms with Crippen LogP contribution in [-0.4, -0.2) is 53.1 Å². The van der Waals surface area contributed by atoms with Gasteiger partial charge in [0.2, 0.25) is 0 Å². The van der Waals surface area contributed by atoms with Crippen molar-refractivity contribution < 1.29 is 14.3 Å². The molecular weight excluding hydrogens is 396 g/mol. The number of halogens is 2. The maximum absolute atomic E-state index is 12.7. The van der Waals surface area contributed by atoms with Gasteiger partial charge < -0.3 is 14.5 Å². The standard InChI is InChI=1S/C17H22BrClN2O3/c1-11-10-20(8-9-21(11)16(23)24-17(2,3)4)15(22)12-6-5-7-13(19)14(12)18/h5-7,11H,8-10H2,1-4H3. The molecule has 1 unspecified atom stereocenters. The van der Waals surface area contributed by atoms with Gasteiger partial charge in [-0.25, -0.2) is 4.79 Å². The average Bonchev–Trinajstić information content (AvgIpc) is 2.47. The minimum absolute atomic E-state index is 0.0972. The van der Waals surface area contributed by atoms with Crippen molar-refractivity contribution in [3.8, 4) is 0 Å². The van der Waals surface area contributed by atoms with E-state index in [0.29, 0.717) is 34.7 Å². The summed E-state index contributed by atoms with van der Waals surface area (Å²) in [5.41, 5.74) is -0.00417. The third kappa shape index (κ3) is 4.42. The van der Waals surface area contributed by atoms with E-state index in [1.165, 1.54) is 0 Å². The fraction of sp³-hybridized carbons (Fsp3) is 0.529. The molecular formula is C17H22BrClN2O3. The lowest BCUT2D eigenvalue weighted by Crippen LogP contribution is -2.56. The largest absolute Gasteiger partial charge is 0.444 e. The Labute approximate surface area is 156 Å². The van der Waals surface area contributed by atoms with Crippen LogP contribution in [0.1, 0.15) is 38.1 Å². The van der Waals surface area contributed by atoms with Crippen LogP contribution in [0.15, 0.2) is 22.7 Å². The van der Waals surface area contributed by atoms with Crippen LogP contribution in [0, 0.1) is 0 Å². The number of hydrogen-bond donors (Lipinski definition) is 0. The molecule has 1 aromatic rings. The highest BCUT2D eigenvalue weighted by Crippen LogP contribution is 2.28. The first kappa shape index (κ1) is 19.1. The highest BCUT2D eigenvalue weighted by atomic mass is 79.9. The summed E-state index contributed by atoms with van der Waals surface area (Å²) in [6, 6.07) is 5.10. The van der Waals surface area contributed by atoms with Crippen molar-refractivity contribution in [3.63, 3.8) is 0 Å². The Bertz CT molecular complexity index is 645. The first-order valence-corrected chi connectivity index (χ1v) is 9.00. The number of amides is 2. The van der Waals surface area contributed by atoms with Gasteiger partial charge >= 0.3 is 6.09 Å². The van der Waals surface area contributed by atoms with E-state index in [1.807, 2.05) is 27.7 Å². The van der Waals surface area contributed by atoms with Crippen LogP contribution >= 0.6 is 27.5 Å². The van der Waals surface area contributed by atoms with Crippen LogP contribution in [0.3, 0.4) is 0 Å². The molecule has 132 valence electrons. The minimum atomic E-state index is -0.532. The molecule has 1 aromatic carbocycles. The molecule has 0 aromatic heterocycles. The van der Waals surface area contributed by atoms with Gasteiger partial charge in [0.15, 0.2) is 0 Å². The Kier molecular flexibility index (Phi) is 5.81. The summed E-state index contributed by atoms with van der Waals surface area (Å²) < 4.78 is 6.02. The number of carbonyl (C=O) groups excluding carboxylic acids is 2. The van der Waals surface area contributed by atoms with Crippen LogP contribution in [0.2, 0.25) is 5.02 Å². The summed E-state index contributed by atoms with van der Waals surface area (Å²) in [6.45, 7) is 8.79. The van der Waals surface area contributed by atoms with Gasteiger partial charge in [-0.05, 0) is 55.8 Å². The van der Waals surface area contributed by atoms with Crippen molar-refractivity contribution in [3.05, 3.63) is 33.3 Å². The third-order valence-electron chi connectivity index (χ3n) is 3.72. The second-order valence-electron chi connectivity index (χ2n) is 6.88. The quantitative estimate of drug-likeness (QED) is 0.688. The van der Waals surface area contributed by atoms with Crippen molar-refractivity contribution in [1.29, 1.82) is 0 Å². The fourth-order valence-electron chi connectivity index (χ4n) is 2.57. The summed E-state index contributed by atoms with van der Waals surface area (Å²) >= 11 is 9.43. The average molecular weight is 418 g/mol. The maximum atomic E-state index is 12.7. The zero-order chi connectivity index (χ0) is 18.1. The van der Waals surface area contributed by atoms with E-state index in [1.54, 1.807) is 28.0 Å². The zero-order valence-corrected chi connectivity index (χ0v) is 16.6. The van der Waals surface area contributed by atoms with E-state index in [0.717, 1.165) is 0 Å². The molecule has 0 bridgehead atoms. The Morgan fingerprint density at radius 2 is 1.96 bits per heavy atom. The first-order valence-electron chi connectivity index (χ1n) is 7.83. The van der Waals surface area contributed by atoms with E-state index < -0.39 is 5.60 Å². The number of hydrogen-bond acceptors (Lipinski definition) is 3. The fourth-order valence-corrected chi connectivity index (χ4v) is 3.18. The van der Waals surface area contributed by atoms with Crippen LogP contribution in [0.4, 0.5) is 4.79 Å². The Balaban J connectivity index is 2.06. The highest BCUT2D eigenvalue weighted by Gasteiger charge is 2.33. The van der Waals surface area contributed by atoms with Crippen LogP contribution in [0.5, 0.6) is 0 Å². The summed E-state index contributed by atoms with van der Waals surface area (Å²) in [6.07, 6.45) is -0.342. The van der Waals surface area contributed by atoms with E-state index >= 15 is 0 Å². The van der Waals surface area contributed by atoms with E-state index in [9.17, 15) is 9.59 Å². The lowest BCUT2D eigenvalue weighted by molar-refractivity contribution is 0.00197. The summed E-state index contributed by atoms with van der Waals surface area (Å²) in [5.74, 6) is -0.0972. The third-order valence-corrected chi connectivity index (χ3v) is 5.12. The zero-order valence-electron chi connectivity index (χ0n) is 14.3. The van der Waals surface area contributed by atoms with Gasteiger partial charge in [0.05, 0.1) is 10.6 Å². The number of benzene rings is 1. The second-order valence-corrected chi connectivity index (χ2v) is 8.08. The van der Waals surface area contributed by atoms with Crippen LogP contribution in [0.25, 0.3) is 0 Å². The molecule has 7 heteroatoms. The minimum Gasteiger partial charge on any atom is -0.444 e. The lowest BCUT2D eigenvalue weighted by atomic mass is 10.1. The Morgan fingerprint density at radius 1 is 1.29 bits per heavy atom. The molecule has 1 heterocycles. The molecule has 0 saturated carbocycles. The number of carbonyl (C=O) groups is 2. The van der Waals surface area contributed by atoms with Gasteiger partial charge in [-0.15, -0.1) is 0 Å². The van der Waals surface area contributed by atoms with Crippen LogP contribution < -0.4 is 0 Å². The molecule has 1 aliphatic rings. The molecule has 2 amide bonds. The summed E-state index contributed by atoms with van der Waals surface area (Å²) in [5, 5.41) is 0.501. The second kappa shape index (κ2) is 7.31. The predicted molar refractivity (Wildman–Crippen MR) is 97.5 cm³/mol. The molecule has 1 aliphatic heterocycles. The van der Waals surface area contributed by atoms with E-state index in [-0.39, 0.29) is 18.0 Å². The van der Waals surface area contributed by atoms with Gasteiger partial charge in [-0.3, -0.25) is 4.79 Å². The molecule has 0 N–H and O–H groups in total. The maximum Gasteiger partial charge on any atom is 0.410 e. The molecule has 1 atom stereocenters. The van der Waals surface area contributed by atoms with Gasteiger partial charge in [0.1, 0.15) is 5.60 Å². The van der Waals surface area contributed by atoms with Crippen LogP contribution in [-0.2, 0) is 4.74 Å². The Morgan fingerprint density at radius 3 is 2.54 bits per heavy atom. The molecule has 5 nitrogen and oxygen atoms in total. The van der Waals surface area contributed by atoms with Crippen molar-refractivity contribution in [2.45, 2.75) is 39.3 Å². The van der Waals surface area contributed by atoms with Crippen molar-refractivity contribution in [1.82, 2.24) is 9.80 Å². The molecule has 1 fully saturated rings. The first-order chi connectivity index (χ1) is 11.1. The van der Waals surface area contributed by atoms with Gasteiger partial charge in [-0.1, -0.05) is 17.7 Å². The van der Waals surface area contributed by atoms with Crippen molar-refractivity contribution >= 4 is 39.5 Å². The molecule has 0 aliphatic carbocycles. The molecule has 2 rings (SSSR count). The molecule has 0 radical (unpaired) electrons. The number of ether oxygens (including phenoxy) is 1. The van der Waals surface area contributed by atoms with Crippen molar-refractivity contribution in [2.75, 3.05) is 19.6 Å². The highest BCUT2D eigenvalue weighted by molar-refractivity contribution is 9.10.